The standard InChI is InChI=1S/C31H35N5O4S/c1-20-3-6-28(40-17-24-5-4-22(12-25(24)13-32)14-34-9-10-39-16-21(34)2)26(11-20)27-18-41-31(33-27)36-15-23-7-8-35(19-36)29(23)30(37)38/h3-6,11-12,18,21,23,29H,7-10,14-17,19H2,1-2H3,(H,37,38)/t21?,23?,29-/m1/s1. The highest BCUT2D eigenvalue weighted by molar-refractivity contribution is 7.14. The number of carbonyl (C=O) groups is 1. The van der Waals surface area contributed by atoms with Crippen LogP contribution in [0.3, 0.4) is 0 Å². The fourth-order valence-electron chi connectivity index (χ4n) is 6.17. The lowest BCUT2D eigenvalue weighted by atomic mass is 9.99. The molecule has 4 atom stereocenters. The van der Waals surface area contributed by atoms with Crippen molar-refractivity contribution in [2.24, 2.45) is 5.92 Å². The van der Waals surface area contributed by atoms with Crippen molar-refractivity contribution >= 4 is 22.4 Å². The molecule has 0 spiro atoms. The summed E-state index contributed by atoms with van der Waals surface area (Å²) in [5.41, 5.74) is 5.44. The lowest BCUT2D eigenvalue weighted by Crippen LogP contribution is -2.53. The Kier molecular flexibility index (Phi) is 7.95. The molecule has 2 bridgehead atoms. The molecule has 10 heteroatoms. The van der Waals surface area contributed by atoms with Crippen molar-refractivity contribution in [1.29, 1.82) is 5.26 Å². The van der Waals surface area contributed by atoms with E-state index in [4.69, 9.17) is 14.5 Å². The van der Waals surface area contributed by atoms with Crippen LogP contribution in [-0.4, -0.2) is 77.5 Å². The van der Waals surface area contributed by atoms with Gasteiger partial charge in [-0.3, -0.25) is 14.6 Å². The molecule has 214 valence electrons. The van der Waals surface area contributed by atoms with Crippen molar-refractivity contribution in [2.45, 2.75) is 45.5 Å². The molecule has 9 nitrogen and oxygen atoms in total. The fraction of sp³-hybridized carbons (Fsp3) is 0.452. The molecule has 3 fully saturated rings. The SMILES string of the molecule is Cc1ccc(OCc2ccc(CN3CCOCC3C)cc2C#N)c(-c2csc(N3CC4CCN(C3)[C@H]4C(=O)O)n2)c1. The zero-order valence-electron chi connectivity index (χ0n) is 23.5. The third kappa shape index (κ3) is 5.81. The van der Waals surface area contributed by atoms with Crippen LogP contribution in [0.5, 0.6) is 5.75 Å². The second kappa shape index (κ2) is 11.8. The third-order valence-electron chi connectivity index (χ3n) is 8.43. The van der Waals surface area contributed by atoms with E-state index < -0.39 is 12.0 Å². The summed E-state index contributed by atoms with van der Waals surface area (Å²) in [6, 6.07) is 14.4. The summed E-state index contributed by atoms with van der Waals surface area (Å²) in [6.07, 6.45) is 0.902. The minimum Gasteiger partial charge on any atom is -0.488 e. The van der Waals surface area contributed by atoms with Gasteiger partial charge in [-0.05, 0) is 44.0 Å². The summed E-state index contributed by atoms with van der Waals surface area (Å²) in [7, 11) is 0. The molecule has 0 saturated carbocycles. The fourth-order valence-corrected chi connectivity index (χ4v) is 7.00. The van der Waals surface area contributed by atoms with Crippen molar-refractivity contribution in [2.75, 3.05) is 44.4 Å². The smallest absolute Gasteiger partial charge is 0.321 e. The van der Waals surface area contributed by atoms with E-state index in [1.165, 1.54) is 0 Å². The van der Waals surface area contributed by atoms with E-state index in [2.05, 4.69) is 34.9 Å². The molecule has 4 heterocycles. The predicted molar refractivity (Wildman–Crippen MR) is 157 cm³/mol. The van der Waals surface area contributed by atoms with Gasteiger partial charge in [0.25, 0.3) is 0 Å². The number of nitriles is 1. The Morgan fingerprint density at radius 1 is 1.27 bits per heavy atom. The van der Waals surface area contributed by atoms with Gasteiger partial charge in [0.2, 0.25) is 0 Å². The third-order valence-corrected chi connectivity index (χ3v) is 9.33. The van der Waals surface area contributed by atoms with Crippen molar-refractivity contribution in [3.8, 4) is 23.1 Å². The van der Waals surface area contributed by atoms with E-state index in [0.717, 1.165) is 78.1 Å². The van der Waals surface area contributed by atoms with E-state index in [9.17, 15) is 15.2 Å². The maximum atomic E-state index is 11.7. The van der Waals surface area contributed by atoms with Crippen LogP contribution >= 0.6 is 11.3 Å². The summed E-state index contributed by atoms with van der Waals surface area (Å²) < 4.78 is 11.9. The summed E-state index contributed by atoms with van der Waals surface area (Å²) in [5.74, 6) is 0.106. The summed E-state index contributed by atoms with van der Waals surface area (Å²) >= 11 is 1.57. The molecule has 3 unspecified atom stereocenters. The van der Waals surface area contributed by atoms with Crippen LogP contribution in [0.1, 0.15) is 35.6 Å². The number of ether oxygens (including phenoxy) is 2. The topological polar surface area (TPSA) is 102 Å². The van der Waals surface area contributed by atoms with Crippen molar-refractivity contribution in [1.82, 2.24) is 14.8 Å². The van der Waals surface area contributed by atoms with Gasteiger partial charge >= 0.3 is 5.97 Å². The first-order valence-corrected chi connectivity index (χ1v) is 15.0. The first-order valence-electron chi connectivity index (χ1n) is 14.1. The number of carboxylic acid groups (broad SMARTS) is 1. The molecule has 3 aromatic rings. The van der Waals surface area contributed by atoms with Gasteiger partial charge in [-0.1, -0.05) is 23.8 Å². The Morgan fingerprint density at radius 2 is 2.15 bits per heavy atom. The number of aromatic nitrogens is 1. The second-order valence-corrected chi connectivity index (χ2v) is 12.1. The average molecular weight is 574 g/mol. The van der Waals surface area contributed by atoms with E-state index >= 15 is 0 Å². The number of thiazole rings is 1. The van der Waals surface area contributed by atoms with Crippen LogP contribution in [0.2, 0.25) is 0 Å². The number of aliphatic carboxylic acids is 1. The number of hydrogen-bond acceptors (Lipinski definition) is 9. The molecule has 0 radical (unpaired) electrons. The molecule has 6 rings (SSSR count). The number of rotatable bonds is 8. The van der Waals surface area contributed by atoms with E-state index in [-0.39, 0.29) is 12.5 Å². The van der Waals surface area contributed by atoms with Gasteiger partial charge in [0.1, 0.15) is 18.4 Å². The minimum absolute atomic E-state index is 0.115. The van der Waals surface area contributed by atoms with Crippen LogP contribution in [0.4, 0.5) is 5.13 Å². The van der Waals surface area contributed by atoms with Crippen LogP contribution in [0.15, 0.2) is 41.8 Å². The zero-order chi connectivity index (χ0) is 28.5. The Balaban J connectivity index is 1.17. The Bertz CT molecular complexity index is 1450. The largest absolute Gasteiger partial charge is 0.488 e. The quantitative estimate of drug-likeness (QED) is 0.422. The highest BCUT2D eigenvalue weighted by Crippen LogP contribution is 2.38. The van der Waals surface area contributed by atoms with Gasteiger partial charge in [-0.15, -0.1) is 11.3 Å². The number of nitrogens with zero attached hydrogens (tertiary/aromatic N) is 5. The maximum Gasteiger partial charge on any atom is 0.321 e. The molecule has 1 aromatic heterocycles. The normalized spacial score (nSPS) is 24.3. The Morgan fingerprint density at radius 3 is 2.93 bits per heavy atom. The highest BCUT2D eigenvalue weighted by atomic mass is 32.1. The lowest BCUT2D eigenvalue weighted by molar-refractivity contribution is -0.144. The molecule has 3 saturated heterocycles. The van der Waals surface area contributed by atoms with Crippen LogP contribution < -0.4 is 9.64 Å². The minimum atomic E-state index is -0.727. The highest BCUT2D eigenvalue weighted by Gasteiger charge is 2.44. The molecular formula is C31H35N5O4S. The van der Waals surface area contributed by atoms with Gasteiger partial charge in [0.15, 0.2) is 5.13 Å². The second-order valence-electron chi connectivity index (χ2n) is 11.3. The predicted octanol–water partition coefficient (Wildman–Crippen LogP) is 4.34. The van der Waals surface area contributed by atoms with Crippen LogP contribution in [0, 0.1) is 24.2 Å². The van der Waals surface area contributed by atoms with Crippen LogP contribution in [-0.2, 0) is 22.7 Å². The van der Waals surface area contributed by atoms with Gasteiger partial charge < -0.3 is 19.5 Å². The van der Waals surface area contributed by atoms with E-state index in [1.807, 2.05) is 41.5 Å². The number of hydrogen-bond donors (Lipinski definition) is 1. The number of carboxylic acids is 1. The van der Waals surface area contributed by atoms with Crippen molar-refractivity contribution in [3.05, 3.63) is 64.0 Å². The number of benzene rings is 2. The number of morpholine rings is 1. The molecule has 3 aliphatic heterocycles. The number of anilines is 1. The Labute approximate surface area is 244 Å². The van der Waals surface area contributed by atoms with Gasteiger partial charge in [0, 0.05) is 54.6 Å². The summed E-state index contributed by atoms with van der Waals surface area (Å²) in [6.45, 7) is 9.74. The van der Waals surface area contributed by atoms with Crippen molar-refractivity contribution < 1.29 is 19.4 Å². The summed E-state index contributed by atoms with van der Waals surface area (Å²) in [5, 5.41) is 22.5. The number of fused-ring (bicyclic) bond motifs is 2. The average Bonchev–Trinajstić information content (AvgIpc) is 3.56. The van der Waals surface area contributed by atoms with Gasteiger partial charge in [-0.2, -0.15) is 5.26 Å². The molecular weight excluding hydrogens is 538 g/mol. The van der Waals surface area contributed by atoms with Gasteiger partial charge in [0.05, 0.1) is 37.2 Å². The van der Waals surface area contributed by atoms with E-state index in [0.29, 0.717) is 24.8 Å². The molecule has 0 aliphatic carbocycles. The Hall–Kier alpha value is -3.49. The number of aryl methyl sites for hydroxylation is 1. The zero-order valence-corrected chi connectivity index (χ0v) is 24.3. The summed E-state index contributed by atoms with van der Waals surface area (Å²) in [4.78, 5) is 23.3. The van der Waals surface area contributed by atoms with E-state index in [1.54, 1.807) is 11.3 Å². The first-order chi connectivity index (χ1) is 19.9. The monoisotopic (exact) mass is 573 g/mol. The van der Waals surface area contributed by atoms with Crippen LogP contribution in [0.25, 0.3) is 11.3 Å². The lowest BCUT2D eigenvalue weighted by Gasteiger charge is -2.37. The molecule has 1 N–H and O–H groups in total. The molecule has 0 amide bonds. The molecule has 2 aromatic carbocycles. The maximum absolute atomic E-state index is 11.7. The molecule has 41 heavy (non-hydrogen) atoms. The van der Waals surface area contributed by atoms with Gasteiger partial charge in [-0.25, -0.2) is 4.98 Å². The molecule has 3 aliphatic rings. The first kappa shape index (κ1) is 27.7. The van der Waals surface area contributed by atoms with Crippen molar-refractivity contribution in [3.63, 3.8) is 0 Å².